The molecule has 0 unspecified atom stereocenters. The molecule has 29 heavy (non-hydrogen) atoms. The van der Waals surface area contributed by atoms with E-state index in [0.29, 0.717) is 18.2 Å². The third-order valence-corrected chi connectivity index (χ3v) is 6.12. The molecule has 0 radical (unpaired) electrons. The van der Waals surface area contributed by atoms with Gasteiger partial charge in [-0.2, -0.15) is 9.29 Å². The summed E-state index contributed by atoms with van der Waals surface area (Å²) < 4.78 is 42.7. The number of aryl methyl sites for hydroxylation is 1. The zero-order valence-corrected chi connectivity index (χ0v) is 17.6. The molecule has 0 fully saturated rings. The number of hydrogen-bond acceptors (Lipinski definition) is 7. The van der Waals surface area contributed by atoms with Crippen LogP contribution in [0.5, 0.6) is 11.5 Å². The van der Waals surface area contributed by atoms with E-state index >= 15 is 0 Å². The van der Waals surface area contributed by atoms with E-state index < -0.39 is 10.0 Å². The average molecular weight is 417 g/mol. The predicted octanol–water partition coefficient (Wildman–Crippen LogP) is 3.27. The summed E-state index contributed by atoms with van der Waals surface area (Å²) >= 11 is 0. The Hall–Kier alpha value is -2.91. The van der Waals surface area contributed by atoms with E-state index in [1.165, 1.54) is 17.4 Å². The van der Waals surface area contributed by atoms with Crippen LogP contribution in [0.25, 0.3) is 11.4 Å². The first-order valence-electron chi connectivity index (χ1n) is 9.02. The normalized spacial score (nSPS) is 11.6. The van der Waals surface area contributed by atoms with Gasteiger partial charge in [0.05, 0.1) is 25.2 Å². The fourth-order valence-electron chi connectivity index (χ4n) is 2.77. The maximum Gasteiger partial charge on any atom is 0.243 e. The van der Waals surface area contributed by atoms with Crippen molar-refractivity contribution in [1.82, 2.24) is 14.4 Å². The summed E-state index contributed by atoms with van der Waals surface area (Å²) in [4.78, 5) is 4.47. The topological polar surface area (TPSA) is 94.8 Å². The summed E-state index contributed by atoms with van der Waals surface area (Å²) in [5.74, 6) is 1.96. The van der Waals surface area contributed by atoms with Gasteiger partial charge < -0.3 is 14.0 Å². The minimum absolute atomic E-state index is 0.0442. The van der Waals surface area contributed by atoms with Crippen molar-refractivity contribution in [1.29, 1.82) is 0 Å². The second kappa shape index (κ2) is 8.62. The monoisotopic (exact) mass is 417 g/mol. The Bertz CT molecular complexity index is 1080. The lowest BCUT2D eigenvalue weighted by Gasteiger charge is -2.16. The number of methoxy groups -OCH3 is 1. The molecule has 3 rings (SSSR count). The van der Waals surface area contributed by atoms with E-state index in [4.69, 9.17) is 14.0 Å². The van der Waals surface area contributed by atoms with Gasteiger partial charge in [-0.3, -0.25) is 0 Å². The van der Waals surface area contributed by atoms with Gasteiger partial charge in [0, 0.05) is 12.6 Å². The fraction of sp³-hybridized carbons (Fsp3) is 0.300. The van der Waals surface area contributed by atoms with Crippen LogP contribution in [-0.4, -0.2) is 43.6 Å². The Balaban J connectivity index is 1.75. The van der Waals surface area contributed by atoms with Gasteiger partial charge in [-0.05, 0) is 61.9 Å². The van der Waals surface area contributed by atoms with Gasteiger partial charge in [0.25, 0.3) is 0 Å². The van der Waals surface area contributed by atoms with Gasteiger partial charge in [0.15, 0.2) is 0 Å². The molecule has 0 aliphatic carbocycles. The molecule has 154 valence electrons. The summed E-state index contributed by atoms with van der Waals surface area (Å²) in [5.41, 5.74) is 1.48. The van der Waals surface area contributed by atoms with Crippen molar-refractivity contribution >= 4 is 10.0 Å². The Kier molecular flexibility index (Phi) is 6.19. The van der Waals surface area contributed by atoms with Crippen LogP contribution < -0.4 is 9.47 Å². The van der Waals surface area contributed by atoms with Gasteiger partial charge in [-0.25, -0.2) is 8.42 Å². The molecule has 0 aliphatic heterocycles. The number of nitrogens with zero attached hydrogens (tertiary/aromatic N) is 3. The van der Waals surface area contributed by atoms with Crippen LogP contribution in [0, 0.1) is 6.92 Å². The Labute approximate surface area is 170 Å². The largest absolute Gasteiger partial charge is 0.496 e. The lowest BCUT2D eigenvalue weighted by Crippen LogP contribution is -2.26. The zero-order valence-electron chi connectivity index (χ0n) is 16.7. The first kappa shape index (κ1) is 20.8. The molecular weight excluding hydrogens is 394 g/mol. The van der Waals surface area contributed by atoms with E-state index in [9.17, 15) is 8.42 Å². The van der Waals surface area contributed by atoms with Gasteiger partial charge in [0.2, 0.25) is 21.7 Å². The molecule has 0 N–H and O–H groups in total. The number of sulfonamides is 1. The highest BCUT2D eigenvalue weighted by atomic mass is 32.2. The summed E-state index contributed by atoms with van der Waals surface area (Å²) in [6.45, 7) is 4.24. The van der Waals surface area contributed by atoms with Crippen LogP contribution in [0.4, 0.5) is 0 Å². The Morgan fingerprint density at radius 2 is 1.86 bits per heavy atom. The highest BCUT2D eigenvalue weighted by Crippen LogP contribution is 2.25. The van der Waals surface area contributed by atoms with Crippen molar-refractivity contribution in [3.05, 3.63) is 53.9 Å². The summed E-state index contributed by atoms with van der Waals surface area (Å²) in [6, 6.07) is 12.0. The third-order valence-electron chi connectivity index (χ3n) is 4.32. The third kappa shape index (κ3) is 4.57. The summed E-state index contributed by atoms with van der Waals surface area (Å²) in [5, 5.41) is 3.94. The van der Waals surface area contributed by atoms with E-state index in [2.05, 4.69) is 10.1 Å². The molecule has 1 heterocycles. The zero-order chi connectivity index (χ0) is 21.0. The first-order chi connectivity index (χ1) is 13.8. The van der Waals surface area contributed by atoms with Crippen LogP contribution in [-0.2, 0) is 16.6 Å². The summed E-state index contributed by atoms with van der Waals surface area (Å²) in [7, 11) is -0.709. The van der Waals surface area contributed by atoms with Gasteiger partial charge in [0.1, 0.15) is 11.5 Å². The van der Waals surface area contributed by atoms with Crippen LogP contribution in [0.15, 0.2) is 51.9 Å². The van der Waals surface area contributed by atoms with Crippen molar-refractivity contribution in [2.24, 2.45) is 0 Å². The highest BCUT2D eigenvalue weighted by Gasteiger charge is 2.24. The molecule has 0 amide bonds. The molecule has 1 aromatic heterocycles. The smallest absolute Gasteiger partial charge is 0.243 e. The quantitative estimate of drug-likeness (QED) is 0.555. The van der Waals surface area contributed by atoms with Crippen molar-refractivity contribution < 1.29 is 22.4 Å². The Morgan fingerprint density at radius 1 is 1.14 bits per heavy atom. The first-order valence-corrected chi connectivity index (χ1v) is 10.5. The van der Waals surface area contributed by atoms with E-state index in [1.54, 1.807) is 26.2 Å². The fourth-order valence-corrected chi connectivity index (χ4v) is 3.98. The molecule has 9 heteroatoms. The van der Waals surface area contributed by atoms with E-state index in [-0.39, 0.29) is 17.3 Å². The molecular formula is C20H23N3O5S. The van der Waals surface area contributed by atoms with Gasteiger partial charge >= 0.3 is 0 Å². The average Bonchev–Trinajstić information content (AvgIpc) is 3.17. The highest BCUT2D eigenvalue weighted by molar-refractivity contribution is 7.89. The minimum Gasteiger partial charge on any atom is -0.496 e. The standard InChI is InChI=1S/C20H23N3O5S/c1-5-27-16-8-6-15(7-9-16)20-21-19(28-22-20)13-23(3)29(24,25)17-10-11-18(26-4)14(2)12-17/h6-12H,5,13H2,1-4H3. The van der Waals surface area contributed by atoms with Gasteiger partial charge in [-0.1, -0.05) is 5.16 Å². The summed E-state index contributed by atoms with van der Waals surface area (Å²) in [6.07, 6.45) is 0. The number of benzene rings is 2. The SMILES string of the molecule is CCOc1ccc(-c2noc(CN(C)S(=O)(=O)c3ccc(OC)c(C)c3)n2)cc1. The lowest BCUT2D eigenvalue weighted by atomic mass is 10.2. The lowest BCUT2D eigenvalue weighted by molar-refractivity contribution is 0.336. The number of ether oxygens (including phenoxy) is 2. The van der Waals surface area contributed by atoms with E-state index in [1.807, 2.05) is 31.2 Å². The van der Waals surface area contributed by atoms with Crippen LogP contribution in [0.2, 0.25) is 0 Å². The van der Waals surface area contributed by atoms with Crippen molar-refractivity contribution in [3.8, 4) is 22.9 Å². The van der Waals surface area contributed by atoms with Crippen LogP contribution >= 0.6 is 0 Å². The maximum absolute atomic E-state index is 12.8. The molecule has 0 bridgehead atoms. The second-order valence-electron chi connectivity index (χ2n) is 6.36. The van der Waals surface area contributed by atoms with Crippen molar-refractivity contribution in [3.63, 3.8) is 0 Å². The van der Waals surface area contributed by atoms with Crippen LogP contribution in [0.1, 0.15) is 18.4 Å². The van der Waals surface area contributed by atoms with Gasteiger partial charge in [-0.15, -0.1) is 0 Å². The molecule has 3 aromatic rings. The molecule has 8 nitrogen and oxygen atoms in total. The van der Waals surface area contributed by atoms with Crippen LogP contribution in [0.3, 0.4) is 0 Å². The minimum atomic E-state index is -3.72. The number of aromatic nitrogens is 2. The molecule has 0 saturated carbocycles. The molecule has 2 aromatic carbocycles. The molecule has 0 atom stereocenters. The Morgan fingerprint density at radius 3 is 2.48 bits per heavy atom. The van der Waals surface area contributed by atoms with Crippen molar-refractivity contribution in [2.75, 3.05) is 20.8 Å². The second-order valence-corrected chi connectivity index (χ2v) is 8.41. The molecule has 0 saturated heterocycles. The molecule has 0 spiro atoms. The van der Waals surface area contributed by atoms with E-state index in [0.717, 1.165) is 16.9 Å². The number of hydrogen-bond donors (Lipinski definition) is 0. The molecule has 0 aliphatic rings. The maximum atomic E-state index is 12.8. The number of rotatable bonds is 8. The predicted molar refractivity (Wildman–Crippen MR) is 107 cm³/mol. The van der Waals surface area contributed by atoms with Crippen molar-refractivity contribution in [2.45, 2.75) is 25.3 Å².